The molecule has 28 heavy (non-hydrogen) atoms. The molecule has 0 aliphatic heterocycles. The summed E-state index contributed by atoms with van der Waals surface area (Å²) in [6.45, 7) is 3.30. The lowest BCUT2D eigenvalue weighted by Gasteiger charge is -2.15. The minimum absolute atomic E-state index is 0.0244. The Morgan fingerprint density at radius 3 is 2.79 bits per heavy atom. The molecule has 0 spiro atoms. The molecule has 1 amide bonds. The van der Waals surface area contributed by atoms with E-state index in [1.54, 1.807) is 13.8 Å². The molecule has 0 aliphatic carbocycles. The first kappa shape index (κ1) is 19.3. The zero-order valence-corrected chi connectivity index (χ0v) is 15.6. The van der Waals surface area contributed by atoms with Crippen molar-refractivity contribution in [1.82, 2.24) is 19.9 Å². The van der Waals surface area contributed by atoms with Crippen molar-refractivity contribution in [1.29, 1.82) is 0 Å². The highest BCUT2D eigenvalue weighted by atomic mass is 19.1. The number of methoxy groups -OCH3 is 1. The lowest BCUT2D eigenvalue weighted by Crippen LogP contribution is -2.37. The number of carbonyl (C=O) groups excluding carboxylic acids is 1. The van der Waals surface area contributed by atoms with Gasteiger partial charge in [0.1, 0.15) is 18.1 Å². The Bertz CT molecular complexity index is 1110. The lowest BCUT2D eigenvalue weighted by atomic mass is 10.1. The molecule has 0 aliphatic rings. The van der Waals surface area contributed by atoms with Gasteiger partial charge in [0.15, 0.2) is 17.2 Å². The van der Waals surface area contributed by atoms with Crippen LogP contribution < -0.4 is 15.6 Å². The Morgan fingerprint density at radius 1 is 1.36 bits per heavy atom. The van der Waals surface area contributed by atoms with Gasteiger partial charge in [0.25, 0.3) is 5.56 Å². The van der Waals surface area contributed by atoms with Crippen LogP contribution in [-0.4, -0.2) is 38.7 Å². The van der Waals surface area contributed by atoms with E-state index in [0.717, 1.165) is 4.57 Å². The van der Waals surface area contributed by atoms with Crippen molar-refractivity contribution < 1.29 is 19.0 Å². The fourth-order valence-corrected chi connectivity index (χ4v) is 2.77. The standard InChI is InChI=1S/C19H19FN4O4/c1-10(2)22-16(26)9-24-18(11-4-5-14(20)15(6-11)28-3)23-17-13(19(24)27)7-12(25)8-21-17/h4-8,10,25H,9H2,1-3H3,(H,22,26). The largest absolute Gasteiger partial charge is 0.506 e. The summed E-state index contributed by atoms with van der Waals surface area (Å²) >= 11 is 0. The number of hydrogen-bond donors (Lipinski definition) is 2. The number of ether oxygens (including phenoxy) is 1. The van der Waals surface area contributed by atoms with Crippen molar-refractivity contribution in [2.24, 2.45) is 0 Å². The molecule has 1 aromatic carbocycles. The van der Waals surface area contributed by atoms with Crippen LogP contribution in [0.15, 0.2) is 35.3 Å². The number of aromatic hydroxyl groups is 1. The second-order valence-corrected chi connectivity index (χ2v) is 6.46. The van der Waals surface area contributed by atoms with Crippen LogP contribution >= 0.6 is 0 Å². The van der Waals surface area contributed by atoms with Gasteiger partial charge in [0.05, 0.1) is 18.7 Å². The van der Waals surface area contributed by atoms with Gasteiger partial charge in [-0.3, -0.25) is 14.2 Å². The Balaban J connectivity index is 2.24. The molecule has 8 nitrogen and oxygen atoms in total. The predicted octanol–water partition coefficient (Wildman–Crippen LogP) is 1.84. The van der Waals surface area contributed by atoms with Crippen molar-refractivity contribution >= 4 is 16.9 Å². The van der Waals surface area contributed by atoms with Gasteiger partial charge in [-0.2, -0.15) is 0 Å². The van der Waals surface area contributed by atoms with Crippen LogP contribution in [0.25, 0.3) is 22.4 Å². The third-order valence-corrected chi connectivity index (χ3v) is 3.96. The summed E-state index contributed by atoms with van der Waals surface area (Å²) in [4.78, 5) is 33.6. The minimum Gasteiger partial charge on any atom is -0.506 e. The van der Waals surface area contributed by atoms with Crippen molar-refractivity contribution in [3.8, 4) is 22.9 Å². The fourth-order valence-electron chi connectivity index (χ4n) is 2.77. The van der Waals surface area contributed by atoms with Crippen molar-refractivity contribution in [3.05, 3.63) is 46.6 Å². The Kier molecular flexibility index (Phi) is 5.25. The quantitative estimate of drug-likeness (QED) is 0.693. The highest BCUT2D eigenvalue weighted by molar-refractivity contribution is 5.80. The molecule has 0 radical (unpaired) electrons. The maximum Gasteiger partial charge on any atom is 0.263 e. The molecular weight excluding hydrogens is 367 g/mol. The lowest BCUT2D eigenvalue weighted by molar-refractivity contribution is -0.122. The Hall–Kier alpha value is -3.49. The molecule has 0 bridgehead atoms. The van der Waals surface area contributed by atoms with Gasteiger partial charge in [-0.15, -0.1) is 0 Å². The highest BCUT2D eigenvalue weighted by Crippen LogP contribution is 2.26. The Morgan fingerprint density at radius 2 is 2.11 bits per heavy atom. The summed E-state index contributed by atoms with van der Waals surface area (Å²) in [6, 6.07) is 5.14. The van der Waals surface area contributed by atoms with Crippen molar-refractivity contribution in [2.75, 3.05) is 7.11 Å². The van der Waals surface area contributed by atoms with Gasteiger partial charge in [-0.25, -0.2) is 14.4 Å². The number of halogens is 1. The van der Waals surface area contributed by atoms with Crippen LogP contribution in [-0.2, 0) is 11.3 Å². The van der Waals surface area contributed by atoms with Crippen molar-refractivity contribution in [2.45, 2.75) is 26.4 Å². The molecule has 0 atom stereocenters. The smallest absolute Gasteiger partial charge is 0.263 e. The number of hydrogen-bond acceptors (Lipinski definition) is 6. The van der Waals surface area contributed by atoms with E-state index in [0.29, 0.717) is 5.56 Å². The molecule has 9 heteroatoms. The van der Waals surface area contributed by atoms with E-state index in [-0.39, 0.29) is 46.9 Å². The van der Waals surface area contributed by atoms with E-state index in [4.69, 9.17) is 4.74 Å². The number of rotatable bonds is 5. The van der Waals surface area contributed by atoms with Gasteiger partial charge in [0, 0.05) is 11.6 Å². The van der Waals surface area contributed by atoms with E-state index in [1.807, 2.05) is 0 Å². The average molecular weight is 386 g/mol. The number of fused-ring (bicyclic) bond motifs is 1. The normalized spacial score (nSPS) is 11.0. The molecule has 2 aromatic heterocycles. The van der Waals surface area contributed by atoms with E-state index in [9.17, 15) is 19.1 Å². The van der Waals surface area contributed by atoms with Gasteiger partial charge in [-0.1, -0.05) is 0 Å². The first-order valence-corrected chi connectivity index (χ1v) is 8.53. The molecular formula is C19H19FN4O4. The van der Waals surface area contributed by atoms with Gasteiger partial charge < -0.3 is 15.2 Å². The average Bonchev–Trinajstić information content (AvgIpc) is 2.64. The van der Waals surface area contributed by atoms with Crippen LogP contribution in [0.3, 0.4) is 0 Å². The van der Waals surface area contributed by atoms with Crippen LogP contribution in [0, 0.1) is 5.82 Å². The van der Waals surface area contributed by atoms with Gasteiger partial charge >= 0.3 is 0 Å². The molecule has 0 fully saturated rings. The number of aromatic nitrogens is 3. The summed E-state index contributed by atoms with van der Waals surface area (Å²) in [5.41, 5.74) is -0.0725. The van der Waals surface area contributed by atoms with E-state index in [2.05, 4.69) is 15.3 Å². The van der Waals surface area contributed by atoms with Crippen LogP contribution in [0.1, 0.15) is 13.8 Å². The number of benzene rings is 1. The van der Waals surface area contributed by atoms with Crippen LogP contribution in [0.5, 0.6) is 11.5 Å². The molecule has 2 heterocycles. The number of nitrogens with one attached hydrogen (secondary N) is 1. The summed E-state index contributed by atoms with van der Waals surface area (Å²) in [6.07, 6.45) is 1.17. The van der Waals surface area contributed by atoms with E-state index < -0.39 is 11.4 Å². The number of amides is 1. The number of carbonyl (C=O) groups is 1. The maximum absolute atomic E-state index is 13.8. The third kappa shape index (κ3) is 3.78. The third-order valence-electron chi connectivity index (χ3n) is 3.96. The topological polar surface area (TPSA) is 106 Å². The Labute approximate surface area is 159 Å². The zero-order valence-electron chi connectivity index (χ0n) is 15.6. The van der Waals surface area contributed by atoms with Gasteiger partial charge in [-0.05, 0) is 38.1 Å². The molecule has 3 aromatic rings. The minimum atomic E-state index is -0.568. The molecule has 146 valence electrons. The predicted molar refractivity (Wildman–Crippen MR) is 101 cm³/mol. The molecule has 0 unspecified atom stereocenters. The number of nitrogens with zero attached hydrogens (tertiary/aromatic N) is 3. The summed E-state index contributed by atoms with van der Waals surface area (Å²) in [5, 5.41) is 12.4. The van der Waals surface area contributed by atoms with E-state index >= 15 is 0 Å². The van der Waals surface area contributed by atoms with Crippen LogP contribution in [0.4, 0.5) is 4.39 Å². The second kappa shape index (κ2) is 7.63. The number of pyridine rings is 1. The van der Waals surface area contributed by atoms with E-state index in [1.165, 1.54) is 37.6 Å². The molecule has 3 rings (SSSR count). The second-order valence-electron chi connectivity index (χ2n) is 6.46. The fraction of sp³-hybridized carbons (Fsp3) is 0.263. The zero-order chi connectivity index (χ0) is 20.4. The molecule has 0 saturated carbocycles. The first-order valence-electron chi connectivity index (χ1n) is 8.53. The SMILES string of the molecule is COc1cc(-c2nc3ncc(O)cc3c(=O)n2CC(=O)NC(C)C)ccc1F. The molecule has 2 N–H and O–H groups in total. The maximum atomic E-state index is 13.8. The van der Waals surface area contributed by atoms with Crippen LogP contribution in [0.2, 0.25) is 0 Å². The monoisotopic (exact) mass is 386 g/mol. The van der Waals surface area contributed by atoms with Gasteiger partial charge in [0.2, 0.25) is 5.91 Å². The highest BCUT2D eigenvalue weighted by Gasteiger charge is 2.18. The summed E-state index contributed by atoms with van der Waals surface area (Å²) in [5.74, 6) is -1.04. The summed E-state index contributed by atoms with van der Waals surface area (Å²) < 4.78 is 20.0. The van der Waals surface area contributed by atoms with Crippen molar-refractivity contribution in [3.63, 3.8) is 0 Å². The first-order chi connectivity index (χ1) is 13.3. The molecule has 0 saturated heterocycles. The summed E-state index contributed by atoms with van der Waals surface area (Å²) in [7, 11) is 1.32.